The highest BCUT2D eigenvalue weighted by molar-refractivity contribution is 6.29. The summed E-state index contributed by atoms with van der Waals surface area (Å²) in [4.78, 5) is 3.62. The average molecular weight is 198 g/mol. The Morgan fingerprint density at radius 2 is 2.23 bits per heavy atom. The van der Waals surface area contributed by atoms with E-state index in [4.69, 9.17) is 18.0 Å². The first-order chi connectivity index (χ1) is 5.94. The van der Waals surface area contributed by atoms with Crippen LogP contribution in [0.3, 0.4) is 0 Å². The van der Waals surface area contributed by atoms with E-state index < -0.39 is 5.60 Å². The molecule has 0 aromatic carbocycles. The Bertz CT molecular complexity index is 291. The summed E-state index contributed by atoms with van der Waals surface area (Å²) in [7, 11) is 0. The third-order valence-electron chi connectivity index (χ3n) is 1.42. The lowest BCUT2D eigenvalue weighted by Gasteiger charge is -2.15. The normalized spacial score (nSPS) is 17.5. The number of halogens is 1. The molecule has 0 fully saturated rings. The Morgan fingerprint density at radius 3 is 2.54 bits per heavy atom. The second-order valence-corrected chi connectivity index (χ2v) is 3.28. The van der Waals surface area contributed by atoms with Crippen LogP contribution in [0.1, 0.15) is 13.8 Å². The van der Waals surface area contributed by atoms with Crippen molar-refractivity contribution < 1.29 is 5.11 Å². The molecule has 0 bridgehead atoms. The first-order valence-electron chi connectivity index (χ1n) is 3.65. The highest BCUT2D eigenvalue weighted by Gasteiger charge is 2.21. The summed E-state index contributed by atoms with van der Waals surface area (Å²) in [5, 5.41) is 10.2. The Morgan fingerprint density at radius 1 is 1.69 bits per heavy atom. The minimum Gasteiger partial charge on any atom is -0.372 e. The van der Waals surface area contributed by atoms with Crippen molar-refractivity contribution in [2.45, 2.75) is 19.4 Å². The molecule has 1 atom stereocenters. The molecule has 0 heterocycles. The van der Waals surface area contributed by atoms with E-state index in [0.29, 0.717) is 10.7 Å². The van der Waals surface area contributed by atoms with Crippen molar-refractivity contribution in [3.8, 4) is 12.3 Å². The number of terminal acetylenes is 1. The number of aliphatic hydroxyl groups is 1. The van der Waals surface area contributed by atoms with E-state index in [9.17, 15) is 5.11 Å². The molecule has 0 aliphatic heterocycles. The second kappa shape index (κ2) is 4.86. The van der Waals surface area contributed by atoms with E-state index in [1.165, 1.54) is 13.0 Å². The van der Waals surface area contributed by atoms with E-state index in [2.05, 4.69) is 17.6 Å². The van der Waals surface area contributed by atoms with Crippen LogP contribution >= 0.6 is 11.6 Å². The molecule has 13 heavy (non-hydrogen) atoms. The lowest BCUT2D eigenvalue weighted by Crippen LogP contribution is -2.23. The maximum absolute atomic E-state index is 9.59. The molecule has 70 valence electrons. The molecule has 0 radical (unpaired) electrons. The van der Waals surface area contributed by atoms with Gasteiger partial charge in [-0.1, -0.05) is 17.5 Å². The van der Waals surface area contributed by atoms with Crippen LogP contribution in [0.5, 0.6) is 0 Å². The summed E-state index contributed by atoms with van der Waals surface area (Å²) < 4.78 is 0. The molecule has 3 heteroatoms. The first-order valence-corrected chi connectivity index (χ1v) is 4.03. The van der Waals surface area contributed by atoms with Gasteiger partial charge in [0, 0.05) is 5.03 Å². The van der Waals surface area contributed by atoms with E-state index in [0.717, 1.165) is 0 Å². The third-order valence-corrected chi connectivity index (χ3v) is 1.55. The highest BCUT2D eigenvalue weighted by Crippen LogP contribution is 2.16. The quantitative estimate of drug-likeness (QED) is 0.420. The number of hydrogen-bond acceptors (Lipinski definition) is 2. The minimum atomic E-state index is -1.40. The molecular weight excluding hydrogens is 186 g/mol. The van der Waals surface area contributed by atoms with Crippen molar-refractivity contribution in [2.75, 3.05) is 0 Å². The van der Waals surface area contributed by atoms with Crippen molar-refractivity contribution in [2.24, 2.45) is 4.99 Å². The van der Waals surface area contributed by atoms with E-state index >= 15 is 0 Å². The van der Waals surface area contributed by atoms with E-state index in [-0.39, 0.29) is 0 Å². The lowest BCUT2D eigenvalue weighted by atomic mass is 10.0. The van der Waals surface area contributed by atoms with E-state index in [1.54, 1.807) is 13.0 Å². The van der Waals surface area contributed by atoms with Gasteiger partial charge in [0.25, 0.3) is 0 Å². The zero-order chi connectivity index (χ0) is 10.5. The molecule has 0 aromatic rings. The summed E-state index contributed by atoms with van der Waals surface area (Å²) in [6, 6.07) is 0. The molecule has 0 saturated heterocycles. The number of nitrogens with zero attached hydrogens (tertiary/aromatic N) is 1. The molecule has 0 saturated carbocycles. The maximum Gasteiger partial charge on any atom is 0.164 e. The van der Waals surface area contributed by atoms with Gasteiger partial charge >= 0.3 is 0 Å². The van der Waals surface area contributed by atoms with Gasteiger partial charge in [-0.25, -0.2) is 0 Å². The fraction of sp³-hybridized carbons (Fsp3) is 0.300. The molecule has 1 N–H and O–H groups in total. The van der Waals surface area contributed by atoms with Gasteiger partial charge in [-0.05, 0) is 32.7 Å². The molecule has 0 rings (SSSR count). The van der Waals surface area contributed by atoms with Crippen LogP contribution in [0.15, 0.2) is 27.9 Å². The second-order valence-electron chi connectivity index (χ2n) is 2.68. The Hall–Kier alpha value is -1.04. The van der Waals surface area contributed by atoms with Crippen LogP contribution in [0.25, 0.3) is 0 Å². The third kappa shape index (κ3) is 3.93. The molecular formula is C10H12ClNO. The molecule has 1 unspecified atom stereocenters. The monoisotopic (exact) mass is 197 g/mol. The topological polar surface area (TPSA) is 32.6 Å². The zero-order valence-electron chi connectivity index (χ0n) is 7.71. The van der Waals surface area contributed by atoms with Crippen molar-refractivity contribution >= 4 is 18.3 Å². The Labute approximate surface area is 83.6 Å². The molecule has 0 amide bonds. The van der Waals surface area contributed by atoms with Gasteiger partial charge in [0.05, 0.1) is 5.70 Å². The highest BCUT2D eigenvalue weighted by atomic mass is 35.5. The van der Waals surface area contributed by atoms with Crippen LogP contribution in [-0.4, -0.2) is 17.4 Å². The van der Waals surface area contributed by atoms with Gasteiger partial charge in [-0.3, -0.25) is 4.99 Å². The summed E-state index contributed by atoms with van der Waals surface area (Å²) in [6.07, 6.45) is 8.24. The van der Waals surface area contributed by atoms with Crippen molar-refractivity contribution in [3.63, 3.8) is 0 Å². The standard InChI is InChI=1S/C10H12ClNO/c1-5-10(3,13)9(12-4)7-6-8(2)11/h1,6-7,13H,4H2,2-3H3. The van der Waals surface area contributed by atoms with E-state index in [1.807, 2.05) is 0 Å². The largest absolute Gasteiger partial charge is 0.372 e. The summed E-state index contributed by atoms with van der Waals surface area (Å²) in [6.45, 7) is 6.48. The Kier molecular flexibility index (Phi) is 4.47. The SMILES string of the molecule is C#CC(C)(O)C(=CC=C(C)Cl)N=C. The van der Waals surface area contributed by atoms with Gasteiger partial charge in [0.2, 0.25) is 0 Å². The smallest absolute Gasteiger partial charge is 0.164 e. The Balaban J connectivity index is 4.94. The predicted octanol–water partition coefficient (Wildman–Crippen LogP) is 2.10. The lowest BCUT2D eigenvalue weighted by molar-refractivity contribution is 0.160. The van der Waals surface area contributed by atoms with Crippen LogP contribution < -0.4 is 0 Å². The summed E-state index contributed by atoms with van der Waals surface area (Å²) in [5.41, 5.74) is -1.10. The van der Waals surface area contributed by atoms with Gasteiger partial charge in [-0.15, -0.1) is 6.42 Å². The van der Waals surface area contributed by atoms with Crippen LogP contribution in [0.2, 0.25) is 0 Å². The number of rotatable bonds is 3. The molecule has 0 aliphatic rings. The van der Waals surface area contributed by atoms with Crippen molar-refractivity contribution in [3.05, 3.63) is 22.9 Å². The average Bonchev–Trinajstić information content (AvgIpc) is 2.04. The summed E-state index contributed by atoms with van der Waals surface area (Å²) in [5.74, 6) is 2.20. The fourth-order valence-corrected chi connectivity index (χ4v) is 0.700. The minimum absolute atomic E-state index is 0.301. The fourth-order valence-electron chi connectivity index (χ4n) is 0.637. The zero-order valence-corrected chi connectivity index (χ0v) is 8.47. The summed E-state index contributed by atoms with van der Waals surface area (Å²) >= 11 is 5.59. The van der Waals surface area contributed by atoms with Crippen molar-refractivity contribution in [1.29, 1.82) is 0 Å². The van der Waals surface area contributed by atoms with Gasteiger partial charge in [0.1, 0.15) is 0 Å². The van der Waals surface area contributed by atoms with Crippen LogP contribution in [0.4, 0.5) is 0 Å². The first kappa shape index (κ1) is 12.0. The molecule has 0 spiro atoms. The van der Waals surface area contributed by atoms with Crippen molar-refractivity contribution in [1.82, 2.24) is 0 Å². The molecule has 2 nitrogen and oxygen atoms in total. The number of hydrogen-bond donors (Lipinski definition) is 1. The van der Waals surface area contributed by atoms with Crippen LogP contribution in [0, 0.1) is 12.3 Å². The predicted molar refractivity (Wildman–Crippen MR) is 56.7 cm³/mol. The maximum atomic E-state index is 9.59. The molecule has 0 aromatic heterocycles. The van der Waals surface area contributed by atoms with Crippen LogP contribution in [-0.2, 0) is 0 Å². The molecule has 0 aliphatic carbocycles. The van der Waals surface area contributed by atoms with Gasteiger partial charge in [0.15, 0.2) is 5.60 Å². The number of aliphatic imine (C=N–C) groups is 1. The van der Waals surface area contributed by atoms with Gasteiger partial charge in [-0.2, -0.15) is 0 Å². The van der Waals surface area contributed by atoms with Gasteiger partial charge < -0.3 is 5.11 Å². The number of allylic oxidation sites excluding steroid dienone is 3.